The van der Waals surface area contributed by atoms with Crippen LogP contribution in [0.15, 0.2) is 59.6 Å². The molecule has 0 unspecified atom stereocenters. The van der Waals surface area contributed by atoms with Crippen LogP contribution in [0.1, 0.15) is 36.5 Å². The highest BCUT2D eigenvalue weighted by atomic mass is 127. The number of benzene rings is 2. The molecule has 3 rings (SSSR count). The molecule has 2 aromatic carbocycles. The number of guanidine groups is 1. The van der Waals surface area contributed by atoms with E-state index in [1.807, 2.05) is 18.2 Å². The van der Waals surface area contributed by atoms with Crippen LogP contribution in [0.2, 0.25) is 0 Å². The van der Waals surface area contributed by atoms with Gasteiger partial charge in [-0.05, 0) is 36.5 Å². The van der Waals surface area contributed by atoms with Gasteiger partial charge in [0.1, 0.15) is 0 Å². The molecule has 1 aliphatic rings. The van der Waals surface area contributed by atoms with Gasteiger partial charge in [-0.25, -0.2) is 4.99 Å². The molecule has 0 amide bonds. The highest BCUT2D eigenvalue weighted by Crippen LogP contribution is 2.19. The van der Waals surface area contributed by atoms with E-state index in [2.05, 4.69) is 53.5 Å². The Balaban J connectivity index is 0.00000363. The number of methoxy groups -OCH3 is 1. The Labute approximate surface area is 208 Å². The number of rotatable bonds is 8. The molecule has 6 nitrogen and oxygen atoms in total. The summed E-state index contributed by atoms with van der Waals surface area (Å²) < 4.78 is 10.8. The fraction of sp³-hybridized carbons (Fsp3) is 0.440. The molecule has 32 heavy (non-hydrogen) atoms. The first-order valence-corrected chi connectivity index (χ1v) is 11.0. The van der Waals surface area contributed by atoms with Crippen molar-refractivity contribution in [3.05, 3.63) is 71.3 Å². The van der Waals surface area contributed by atoms with E-state index in [0.717, 1.165) is 49.6 Å². The van der Waals surface area contributed by atoms with Gasteiger partial charge in [0.25, 0.3) is 0 Å². The van der Waals surface area contributed by atoms with Gasteiger partial charge >= 0.3 is 5.97 Å². The van der Waals surface area contributed by atoms with E-state index in [1.54, 1.807) is 0 Å². The number of nitrogens with one attached hydrogen (secondary N) is 1. The normalized spacial score (nSPS) is 14.6. The van der Waals surface area contributed by atoms with Gasteiger partial charge in [-0.1, -0.05) is 54.6 Å². The largest absolute Gasteiger partial charge is 0.469 e. The second kappa shape index (κ2) is 14.1. The zero-order chi connectivity index (χ0) is 21.9. The Kier molecular flexibility index (Phi) is 11.5. The third-order valence-corrected chi connectivity index (χ3v) is 5.45. The Hall–Kier alpha value is -2.13. The van der Waals surface area contributed by atoms with Gasteiger partial charge in [-0.3, -0.25) is 4.79 Å². The maximum Gasteiger partial charge on any atom is 0.308 e. The van der Waals surface area contributed by atoms with Crippen LogP contribution in [-0.4, -0.2) is 43.6 Å². The van der Waals surface area contributed by atoms with Crippen LogP contribution in [0.5, 0.6) is 0 Å². The van der Waals surface area contributed by atoms with Crippen molar-refractivity contribution < 1.29 is 14.3 Å². The van der Waals surface area contributed by atoms with Crippen molar-refractivity contribution in [2.75, 3.05) is 26.7 Å². The molecule has 174 valence electrons. The number of nitrogens with zero attached hydrogens (tertiary/aromatic N) is 2. The Morgan fingerprint density at radius 3 is 2.38 bits per heavy atom. The number of hydrogen-bond acceptors (Lipinski definition) is 4. The monoisotopic (exact) mass is 551 g/mol. The lowest BCUT2D eigenvalue weighted by Crippen LogP contribution is -2.46. The minimum absolute atomic E-state index is 0. The molecule has 0 spiro atoms. The van der Waals surface area contributed by atoms with E-state index >= 15 is 0 Å². The van der Waals surface area contributed by atoms with Crippen LogP contribution < -0.4 is 5.32 Å². The maximum absolute atomic E-state index is 11.8. The number of halogens is 1. The summed E-state index contributed by atoms with van der Waals surface area (Å²) in [5.41, 5.74) is 3.47. The fourth-order valence-electron chi connectivity index (χ4n) is 3.76. The summed E-state index contributed by atoms with van der Waals surface area (Å²) in [6.45, 7) is 6.27. The molecule has 1 saturated heterocycles. The molecule has 0 saturated carbocycles. The van der Waals surface area contributed by atoms with Crippen molar-refractivity contribution in [2.45, 2.75) is 39.5 Å². The van der Waals surface area contributed by atoms with Gasteiger partial charge in [0.2, 0.25) is 0 Å². The topological polar surface area (TPSA) is 63.2 Å². The van der Waals surface area contributed by atoms with Gasteiger partial charge < -0.3 is 19.7 Å². The predicted molar refractivity (Wildman–Crippen MR) is 138 cm³/mol. The van der Waals surface area contributed by atoms with Gasteiger partial charge in [0.05, 0.1) is 32.8 Å². The third kappa shape index (κ3) is 8.09. The molecule has 1 aliphatic heterocycles. The summed E-state index contributed by atoms with van der Waals surface area (Å²) in [7, 11) is 1.46. The average Bonchev–Trinajstić information content (AvgIpc) is 2.82. The lowest BCUT2D eigenvalue weighted by atomic mass is 9.97. The number of hydrogen-bond donors (Lipinski definition) is 1. The van der Waals surface area contributed by atoms with Crippen molar-refractivity contribution in [3.8, 4) is 0 Å². The molecule has 0 aromatic heterocycles. The van der Waals surface area contributed by atoms with Gasteiger partial charge in [0.15, 0.2) is 5.96 Å². The molecule has 0 radical (unpaired) electrons. The minimum atomic E-state index is -0.104. The van der Waals surface area contributed by atoms with Crippen LogP contribution in [0.4, 0.5) is 0 Å². The lowest BCUT2D eigenvalue weighted by Gasteiger charge is -2.33. The number of carbonyl (C=O) groups is 1. The second-order valence-electron chi connectivity index (χ2n) is 7.75. The van der Waals surface area contributed by atoms with E-state index in [4.69, 9.17) is 14.5 Å². The molecule has 0 atom stereocenters. The molecule has 1 fully saturated rings. The Morgan fingerprint density at radius 1 is 1.03 bits per heavy atom. The van der Waals surface area contributed by atoms with Crippen LogP contribution in [0.3, 0.4) is 0 Å². The van der Waals surface area contributed by atoms with Crippen molar-refractivity contribution in [1.82, 2.24) is 10.2 Å². The third-order valence-electron chi connectivity index (χ3n) is 5.45. The molecular weight excluding hydrogens is 517 g/mol. The smallest absolute Gasteiger partial charge is 0.308 e. The van der Waals surface area contributed by atoms with Crippen molar-refractivity contribution in [3.63, 3.8) is 0 Å². The van der Waals surface area contributed by atoms with E-state index in [-0.39, 0.29) is 35.9 Å². The number of aliphatic imine (C=N–C) groups is 1. The molecule has 1 heterocycles. The number of ether oxygens (including phenoxy) is 2. The minimum Gasteiger partial charge on any atom is -0.469 e. The highest BCUT2D eigenvalue weighted by Gasteiger charge is 2.26. The van der Waals surface area contributed by atoms with Gasteiger partial charge in [-0.2, -0.15) is 0 Å². The van der Waals surface area contributed by atoms with Crippen LogP contribution in [0, 0.1) is 5.92 Å². The Morgan fingerprint density at radius 2 is 1.69 bits per heavy atom. The van der Waals surface area contributed by atoms with Crippen molar-refractivity contribution >= 4 is 35.9 Å². The molecule has 0 bridgehead atoms. The fourth-order valence-corrected chi connectivity index (χ4v) is 3.76. The molecule has 2 aromatic rings. The summed E-state index contributed by atoms with van der Waals surface area (Å²) in [5.74, 6) is 0.793. The first-order valence-electron chi connectivity index (χ1n) is 11.0. The van der Waals surface area contributed by atoms with E-state index in [0.29, 0.717) is 19.8 Å². The number of carbonyl (C=O) groups excluding carboxylic acids is 1. The zero-order valence-electron chi connectivity index (χ0n) is 19.0. The predicted octanol–water partition coefficient (Wildman–Crippen LogP) is 4.37. The number of likely N-dealkylation sites (tertiary alicyclic amines) is 1. The van der Waals surface area contributed by atoms with Crippen molar-refractivity contribution in [2.24, 2.45) is 10.9 Å². The summed E-state index contributed by atoms with van der Waals surface area (Å²) in [6.07, 6.45) is 1.59. The maximum atomic E-state index is 11.8. The summed E-state index contributed by atoms with van der Waals surface area (Å²) in [6, 6.07) is 18.6. The average molecular weight is 551 g/mol. The number of piperidine rings is 1. The first kappa shape index (κ1) is 26.1. The quantitative estimate of drug-likeness (QED) is 0.229. The summed E-state index contributed by atoms with van der Waals surface area (Å²) in [4.78, 5) is 18.8. The standard InChI is InChI=1S/C25H33N3O3.HI/c1-3-26-25(28-14-12-23(13-15-28)24(29)30-2)27-17-21-10-7-11-22(16-21)19-31-18-20-8-5-4-6-9-20;/h4-11,16,23H,3,12-15,17-19H2,1-2H3,(H,26,27);1H. The van der Waals surface area contributed by atoms with Crippen LogP contribution in [-0.2, 0) is 34.0 Å². The molecule has 7 heteroatoms. The zero-order valence-corrected chi connectivity index (χ0v) is 21.3. The summed E-state index contributed by atoms with van der Waals surface area (Å²) >= 11 is 0. The number of esters is 1. The van der Waals surface area contributed by atoms with E-state index < -0.39 is 0 Å². The highest BCUT2D eigenvalue weighted by molar-refractivity contribution is 14.0. The van der Waals surface area contributed by atoms with Crippen LogP contribution in [0.25, 0.3) is 0 Å². The van der Waals surface area contributed by atoms with E-state index in [1.165, 1.54) is 12.7 Å². The first-order chi connectivity index (χ1) is 15.2. The van der Waals surface area contributed by atoms with Gasteiger partial charge in [-0.15, -0.1) is 24.0 Å². The second-order valence-corrected chi connectivity index (χ2v) is 7.75. The molecular formula is C25H34IN3O3. The molecule has 0 aliphatic carbocycles. The summed E-state index contributed by atoms with van der Waals surface area (Å²) in [5, 5.41) is 3.38. The molecule has 1 N–H and O–H groups in total. The lowest BCUT2D eigenvalue weighted by molar-refractivity contribution is -0.146. The van der Waals surface area contributed by atoms with Crippen LogP contribution >= 0.6 is 24.0 Å². The van der Waals surface area contributed by atoms with E-state index in [9.17, 15) is 4.79 Å². The Bertz CT molecular complexity index is 853. The van der Waals surface area contributed by atoms with Gasteiger partial charge in [0, 0.05) is 19.6 Å². The SMILES string of the molecule is CCNC(=NCc1cccc(COCc2ccccc2)c1)N1CCC(C(=O)OC)CC1.I. The van der Waals surface area contributed by atoms with Crippen molar-refractivity contribution in [1.29, 1.82) is 0 Å².